The summed E-state index contributed by atoms with van der Waals surface area (Å²) in [7, 11) is 0. The summed E-state index contributed by atoms with van der Waals surface area (Å²) in [6.07, 6.45) is 0.731. The third-order valence-electron chi connectivity index (χ3n) is 4.32. The molecule has 2 N–H and O–H groups in total. The van der Waals surface area contributed by atoms with Crippen LogP contribution >= 0.6 is 0 Å². The van der Waals surface area contributed by atoms with Gasteiger partial charge in [-0.25, -0.2) is 0 Å². The van der Waals surface area contributed by atoms with E-state index in [9.17, 15) is 9.59 Å². The van der Waals surface area contributed by atoms with E-state index in [0.29, 0.717) is 31.0 Å². The second-order valence-corrected chi connectivity index (χ2v) is 6.41. The van der Waals surface area contributed by atoms with Gasteiger partial charge in [-0.1, -0.05) is 18.2 Å². The minimum absolute atomic E-state index is 0.185. The second-order valence-electron chi connectivity index (χ2n) is 6.41. The van der Waals surface area contributed by atoms with Crippen molar-refractivity contribution in [2.75, 3.05) is 13.2 Å². The lowest BCUT2D eigenvalue weighted by Gasteiger charge is -2.08. The van der Waals surface area contributed by atoms with Crippen molar-refractivity contribution >= 4 is 22.8 Å². The predicted octanol–water partition coefficient (Wildman–Crippen LogP) is 3.76. The number of ether oxygens (including phenoxy) is 2. The van der Waals surface area contributed by atoms with E-state index >= 15 is 0 Å². The van der Waals surface area contributed by atoms with Crippen molar-refractivity contribution in [1.82, 2.24) is 10.9 Å². The van der Waals surface area contributed by atoms with E-state index in [0.717, 1.165) is 16.7 Å². The fraction of sp³-hybridized carbons (Fsp3) is 0.273. The van der Waals surface area contributed by atoms with Crippen LogP contribution in [0.5, 0.6) is 11.5 Å². The number of carbonyl (C=O) groups is 2. The fourth-order valence-corrected chi connectivity index (χ4v) is 2.86. The lowest BCUT2D eigenvalue weighted by Crippen LogP contribution is -2.41. The largest absolute Gasteiger partial charge is 0.494 e. The minimum Gasteiger partial charge on any atom is -0.494 e. The number of amides is 2. The van der Waals surface area contributed by atoms with Crippen LogP contribution in [0.4, 0.5) is 0 Å². The zero-order valence-electron chi connectivity index (χ0n) is 16.5. The molecule has 3 aromatic rings. The lowest BCUT2D eigenvalue weighted by atomic mass is 10.1. The first kappa shape index (κ1) is 20.3. The summed E-state index contributed by atoms with van der Waals surface area (Å²) < 4.78 is 16.5. The zero-order valence-corrected chi connectivity index (χ0v) is 16.5. The van der Waals surface area contributed by atoms with Crippen molar-refractivity contribution in [2.24, 2.45) is 0 Å². The molecule has 7 nitrogen and oxygen atoms in total. The van der Waals surface area contributed by atoms with Gasteiger partial charge in [0.1, 0.15) is 17.1 Å². The first-order chi connectivity index (χ1) is 14.1. The Morgan fingerprint density at radius 2 is 1.66 bits per heavy atom. The molecule has 0 radical (unpaired) electrons. The normalized spacial score (nSPS) is 10.6. The maximum atomic E-state index is 12.3. The number of hydrogen-bond donors (Lipinski definition) is 2. The van der Waals surface area contributed by atoms with E-state index in [1.165, 1.54) is 0 Å². The highest BCUT2D eigenvalue weighted by Crippen LogP contribution is 2.24. The van der Waals surface area contributed by atoms with Gasteiger partial charge in [-0.15, -0.1) is 0 Å². The van der Waals surface area contributed by atoms with Crippen LogP contribution in [0.1, 0.15) is 35.9 Å². The van der Waals surface area contributed by atoms with Gasteiger partial charge in [0.05, 0.1) is 13.2 Å². The number of rotatable bonds is 8. The summed E-state index contributed by atoms with van der Waals surface area (Å²) in [5, 5.41) is 0.871. The zero-order chi connectivity index (χ0) is 20.6. The van der Waals surface area contributed by atoms with Gasteiger partial charge in [0.25, 0.3) is 0 Å². The summed E-state index contributed by atoms with van der Waals surface area (Å²) >= 11 is 0. The van der Waals surface area contributed by atoms with Crippen molar-refractivity contribution in [1.29, 1.82) is 0 Å². The molecular formula is C22H24N2O5. The summed E-state index contributed by atoms with van der Waals surface area (Å²) in [6, 6.07) is 14.7. The molecule has 3 rings (SSSR count). The summed E-state index contributed by atoms with van der Waals surface area (Å²) in [5.41, 5.74) is 6.16. The highest BCUT2D eigenvalue weighted by atomic mass is 16.5. The number of para-hydroxylation sites is 1. The van der Waals surface area contributed by atoms with Gasteiger partial charge < -0.3 is 13.9 Å². The molecule has 0 unspecified atom stereocenters. The fourth-order valence-electron chi connectivity index (χ4n) is 2.86. The average molecular weight is 396 g/mol. The van der Waals surface area contributed by atoms with Crippen LogP contribution in [-0.2, 0) is 4.79 Å². The highest BCUT2D eigenvalue weighted by Gasteiger charge is 2.17. The number of furan rings is 1. The molecule has 0 aliphatic rings. The molecule has 0 saturated heterocycles. The van der Waals surface area contributed by atoms with Crippen LogP contribution in [0.3, 0.4) is 0 Å². The Morgan fingerprint density at radius 1 is 0.966 bits per heavy atom. The van der Waals surface area contributed by atoms with Crippen molar-refractivity contribution in [2.45, 2.75) is 26.7 Å². The van der Waals surface area contributed by atoms with Gasteiger partial charge >= 0.3 is 5.91 Å². The van der Waals surface area contributed by atoms with Gasteiger partial charge in [-0.3, -0.25) is 20.4 Å². The van der Waals surface area contributed by atoms with Crippen molar-refractivity contribution in [3.8, 4) is 11.5 Å². The molecule has 152 valence electrons. The molecule has 0 saturated carbocycles. The molecule has 0 aliphatic heterocycles. The Bertz CT molecular complexity index is 979. The number of nitrogens with one attached hydrogen (secondary N) is 2. The number of aryl methyl sites for hydroxylation is 1. The first-order valence-electron chi connectivity index (χ1n) is 9.51. The second kappa shape index (κ2) is 9.64. The molecule has 0 spiro atoms. The third kappa shape index (κ3) is 5.28. The lowest BCUT2D eigenvalue weighted by molar-refractivity contribution is -0.122. The Morgan fingerprint density at radius 3 is 2.34 bits per heavy atom. The Kier molecular flexibility index (Phi) is 6.73. The van der Waals surface area contributed by atoms with Gasteiger partial charge in [-0.05, 0) is 50.6 Å². The van der Waals surface area contributed by atoms with Gasteiger partial charge in [-0.2, -0.15) is 0 Å². The molecule has 29 heavy (non-hydrogen) atoms. The Hall–Kier alpha value is -3.48. The van der Waals surface area contributed by atoms with Gasteiger partial charge in [0.2, 0.25) is 5.91 Å². The number of benzene rings is 2. The molecule has 7 heteroatoms. The van der Waals surface area contributed by atoms with E-state index in [1.54, 1.807) is 13.0 Å². The quantitative estimate of drug-likeness (QED) is 0.447. The molecule has 2 amide bonds. The topological polar surface area (TPSA) is 89.8 Å². The van der Waals surface area contributed by atoms with E-state index in [1.807, 2.05) is 49.4 Å². The highest BCUT2D eigenvalue weighted by molar-refractivity contribution is 5.99. The molecule has 1 aromatic heterocycles. The maximum Gasteiger partial charge on any atom is 0.305 e. The van der Waals surface area contributed by atoms with E-state index in [2.05, 4.69) is 10.9 Å². The Balaban J connectivity index is 1.39. The van der Waals surface area contributed by atoms with Crippen molar-refractivity contribution in [3.63, 3.8) is 0 Å². The van der Waals surface area contributed by atoms with Crippen LogP contribution < -0.4 is 20.3 Å². The molecule has 1 heterocycles. The van der Waals surface area contributed by atoms with Gasteiger partial charge in [0.15, 0.2) is 5.76 Å². The maximum absolute atomic E-state index is 12.3. The molecule has 2 aromatic carbocycles. The summed E-state index contributed by atoms with van der Waals surface area (Å²) in [6.45, 7) is 4.73. The molecular weight excluding hydrogens is 372 g/mol. The molecule has 0 bridgehead atoms. The molecule has 0 atom stereocenters. The van der Waals surface area contributed by atoms with E-state index in [-0.39, 0.29) is 18.1 Å². The number of carbonyl (C=O) groups excluding carboxylic acids is 2. The van der Waals surface area contributed by atoms with Crippen LogP contribution in [0, 0.1) is 6.92 Å². The summed E-state index contributed by atoms with van der Waals surface area (Å²) in [4.78, 5) is 24.2. The smallest absolute Gasteiger partial charge is 0.305 e. The monoisotopic (exact) mass is 396 g/mol. The third-order valence-corrected chi connectivity index (χ3v) is 4.32. The molecule has 0 aliphatic carbocycles. The minimum atomic E-state index is -0.488. The Labute approximate surface area is 169 Å². The van der Waals surface area contributed by atoms with Crippen LogP contribution in [0.2, 0.25) is 0 Å². The first-order valence-corrected chi connectivity index (χ1v) is 9.51. The van der Waals surface area contributed by atoms with Gasteiger partial charge in [0, 0.05) is 17.4 Å². The number of hydrogen-bond acceptors (Lipinski definition) is 5. The number of fused-ring (bicyclic) bond motifs is 1. The van der Waals surface area contributed by atoms with Crippen molar-refractivity contribution < 1.29 is 23.5 Å². The number of hydrazine groups is 1. The predicted molar refractivity (Wildman–Crippen MR) is 109 cm³/mol. The van der Waals surface area contributed by atoms with Crippen LogP contribution in [0.25, 0.3) is 11.0 Å². The van der Waals surface area contributed by atoms with E-state index < -0.39 is 5.91 Å². The SMILES string of the molecule is CCOc1ccc(OCCCC(=O)NNC(=O)c2oc3ccccc3c2C)cc1. The van der Waals surface area contributed by atoms with E-state index in [4.69, 9.17) is 13.9 Å². The summed E-state index contributed by atoms with van der Waals surface area (Å²) in [5.74, 6) is 0.891. The van der Waals surface area contributed by atoms with Crippen LogP contribution in [0.15, 0.2) is 52.9 Å². The van der Waals surface area contributed by atoms with Crippen LogP contribution in [-0.4, -0.2) is 25.0 Å². The molecule has 0 fully saturated rings. The van der Waals surface area contributed by atoms with Crippen molar-refractivity contribution in [3.05, 3.63) is 59.9 Å². The standard InChI is InChI=1S/C22H24N2O5/c1-3-27-16-10-12-17(13-11-16)28-14-6-9-20(25)23-24-22(26)21-15(2)18-7-4-5-8-19(18)29-21/h4-5,7-8,10-13H,3,6,9,14H2,1-2H3,(H,23,25)(H,24,26). The average Bonchev–Trinajstić information content (AvgIpc) is 3.08.